The molecule has 1 aromatic rings. The summed E-state index contributed by atoms with van der Waals surface area (Å²) in [4.78, 5) is 13.0. The van der Waals surface area contributed by atoms with E-state index in [-0.39, 0.29) is 24.3 Å². The number of anilines is 1. The van der Waals surface area contributed by atoms with Gasteiger partial charge in [-0.05, 0) is 25.5 Å². The van der Waals surface area contributed by atoms with Crippen LogP contribution in [0.15, 0.2) is 24.3 Å². The van der Waals surface area contributed by atoms with Crippen molar-refractivity contribution in [3.63, 3.8) is 0 Å². The first-order valence-electron chi connectivity index (χ1n) is 6.56. The predicted octanol–water partition coefficient (Wildman–Crippen LogP) is 2.68. The topological polar surface area (TPSA) is 75.7 Å². The molecule has 1 aliphatic heterocycles. The molecule has 128 valence electrons. The van der Waals surface area contributed by atoms with Gasteiger partial charge in [-0.25, -0.2) is 4.79 Å². The van der Waals surface area contributed by atoms with Gasteiger partial charge in [0.15, 0.2) is 0 Å². The molecule has 1 aromatic carbocycles. The normalized spacial score (nSPS) is 18.0. The zero-order chi connectivity index (χ0) is 17.5. The quantitative estimate of drug-likeness (QED) is 0.904. The van der Waals surface area contributed by atoms with Crippen molar-refractivity contribution in [2.24, 2.45) is 0 Å². The Labute approximate surface area is 131 Å². The molecule has 1 fully saturated rings. The molecule has 0 atom stereocenters. The second-order valence-electron chi connectivity index (χ2n) is 5.69. The Bertz CT molecular complexity index is 716. The molecule has 1 amide bonds. The van der Waals surface area contributed by atoms with Crippen LogP contribution >= 0.6 is 0 Å². The Morgan fingerprint density at radius 2 is 1.91 bits per heavy atom. The van der Waals surface area contributed by atoms with E-state index in [0.29, 0.717) is 0 Å². The van der Waals surface area contributed by atoms with E-state index in [0.717, 1.165) is 0 Å². The molecule has 1 aliphatic rings. The van der Waals surface area contributed by atoms with Gasteiger partial charge in [-0.3, -0.25) is 9.62 Å². The lowest BCUT2D eigenvalue weighted by atomic mass is 10.1. The van der Waals surface area contributed by atoms with Crippen molar-refractivity contribution in [2.45, 2.75) is 31.5 Å². The molecule has 0 aliphatic carbocycles. The van der Waals surface area contributed by atoms with Crippen LogP contribution in [-0.2, 0) is 21.3 Å². The van der Waals surface area contributed by atoms with Gasteiger partial charge in [0, 0.05) is 0 Å². The number of hydrogen-bond acceptors (Lipinski definition) is 4. The van der Waals surface area contributed by atoms with Gasteiger partial charge in [-0.1, -0.05) is 18.2 Å². The molecule has 6 nitrogen and oxygen atoms in total. The molecule has 0 bridgehead atoms. The molecule has 23 heavy (non-hydrogen) atoms. The lowest BCUT2D eigenvalue weighted by Crippen LogP contribution is -2.31. The number of amides is 1. The van der Waals surface area contributed by atoms with Gasteiger partial charge < -0.3 is 4.74 Å². The van der Waals surface area contributed by atoms with Crippen LogP contribution in [-0.4, -0.2) is 37.1 Å². The monoisotopic (exact) mass is 352 g/mol. The van der Waals surface area contributed by atoms with E-state index in [4.69, 9.17) is 4.74 Å². The van der Waals surface area contributed by atoms with Crippen LogP contribution in [0.3, 0.4) is 0 Å². The molecule has 0 spiro atoms. The summed E-state index contributed by atoms with van der Waals surface area (Å²) in [6, 6.07) is 5.56. The van der Waals surface area contributed by atoms with Crippen molar-refractivity contribution in [3.8, 4) is 0 Å². The number of alkyl halides is 3. The van der Waals surface area contributed by atoms with Crippen LogP contribution in [0.1, 0.15) is 19.4 Å². The molecule has 1 N–H and O–H groups in total. The Morgan fingerprint density at radius 1 is 1.30 bits per heavy atom. The van der Waals surface area contributed by atoms with Gasteiger partial charge in [0.25, 0.3) is 0 Å². The van der Waals surface area contributed by atoms with Crippen molar-refractivity contribution >= 4 is 21.8 Å². The number of carbonyl (C=O) groups excluding carboxylic acids is 1. The summed E-state index contributed by atoms with van der Waals surface area (Å²) in [6.45, 7) is 3.57. The molecule has 0 radical (unpaired) electrons. The fourth-order valence-electron chi connectivity index (χ4n) is 2.14. The van der Waals surface area contributed by atoms with Gasteiger partial charge in [0.05, 0.1) is 18.8 Å². The summed E-state index contributed by atoms with van der Waals surface area (Å²) in [5.74, 6) is 0. The van der Waals surface area contributed by atoms with Gasteiger partial charge in [-0.15, -0.1) is 0 Å². The molecular formula is C13H15F3N2O4S. The first-order chi connectivity index (χ1) is 10.4. The van der Waals surface area contributed by atoms with E-state index in [9.17, 15) is 26.4 Å². The summed E-state index contributed by atoms with van der Waals surface area (Å²) in [5.41, 5.74) is -6.14. The number of para-hydroxylation sites is 1. The van der Waals surface area contributed by atoms with Crippen LogP contribution in [0, 0.1) is 0 Å². The van der Waals surface area contributed by atoms with Crippen LogP contribution in [0.5, 0.6) is 0 Å². The van der Waals surface area contributed by atoms with Crippen LogP contribution in [0.2, 0.25) is 0 Å². The molecule has 1 saturated heterocycles. The summed E-state index contributed by atoms with van der Waals surface area (Å²) in [7, 11) is -5.53. The van der Waals surface area contributed by atoms with E-state index < -0.39 is 27.2 Å². The molecule has 10 heteroatoms. The number of carbonyl (C=O) groups is 1. The number of halogens is 3. The van der Waals surface area contributed by atoms with Gasteiger partial charge >= 0.3 is 21.6 Å². The van der Waals surface area contributed by atoms with Crippen molar-refractivity contribution in [3.05, 3.63) is 29.8 Å². The molecule has 0 unspecified atom stereocenters. The third-order valence-electron chi connectivity index (χ3n) is 3.12. The highest BCUT2D eigenvalue weighted by molar-refractivity contribution is 7.93. The van der Waals surface area contributed by atoms with E-state index >= 15 is 0 Å². The number of benzene rings is 1. The molecule has 0 saturated carbocycles. The van der Waals surface area contributed by atoms with E-state index in [2.05, 4.69) is 0 Å². The van der Waals surface area contributed by atoms with Gasteiger partial charge in [0.1, 0.15) is 5.60 Å². The number of hydrogen-bond donors (Lipinski definition) is 1. The summed E-state index contributed by atoms with van der Waals surface area (Å²) < 4.78 is 66.5. The second kappa shape index (κ2) is 5.59. The highest BCUT2D eigenvalue weighted by Gasteiger charge is 2.46. The van der Waals surface area contributed by atoms with E-state index in [1.54, 1.807) is 13.8 Å². The number of nitrogens with zero attached hydrogens (tertiary/aromatic N) is 1. The highest BCUT2D eigenvalue weighted by Crippen LogP contribution is 2.29. The maximum absolute atomic E-state index is 12.5. The first kappa shape index (κ1) is 17.4. The van der Waals surface area contributed by atoms with Crippen molar-refractivity contribution in [1.82, 2.24) is 4.90 Å². The van der Waals surface area contributed by atoms with Crippen molar-refractivity contribution in [2.75, 3.05) is 11.3 Å². The lowest BCUT2D eigenvalue weighted by molar-refractivity contribution is -0.0429. The van der Waals surface area contributed by atoms with Crippen LogP contribution < -0.4 is 4.72 Å². The average molecular weight is 352 g/mol. The Morgan fingerprint density at radius 3 is 2.43 bits per heavy atom. The second-order valence-corrected chi connectivity index (χ2v) is 7.37. The summed E-state index contributed by atoms with van der Waals surface area (Å²) in [5, 5.41) is 0. The Kier molecular flexibility index (Phi) is 4.22. The zero-order valence-electron chi connectivity index (χ0n) is 12.3. The largest absolute Gasteiger partial charge is 0.516 e. The SMILES string of the molecule is CC1(C)CN(Cc2ccccc2NS(=O)(=O)C(F)(F)F)C(=O)O1. The van der Waals surface area contributed by atoms with Crippen LogP contribution in [0.25, 0.3) is 0 Å². The smallest absolute Gasteiger partial charge is 0.441 e. The first-order valence-corrected chi connectivity index (χ1v) is 8.04. The summed E-state index contributed by atoms with van der Waals surface area (Å²) >= 11 is 0. The van der Waals surface area contributed by atoms with E-state index in [1.165, 1.54) is 33.9 Å². The fraction of sp³-hybridized carbons (Fsp3) is 0.462. The number of sulfonamides is 1. The maximum atomic E-state index is 12.5. The molecule has 0 aromatic heterocycles. The molecular weight excluding hydrogens is 337 g/mol. The van der Waals surface area contributed by atoms with Crippen molar-refractivity contribution in [1.29, 1.82) is 0 Å². The maximum Gasteiger partial charge on any atom is 0.516 e. The minimum Gasteiger partial charge on any atom is -0.441 e. The van der Waals surface area contributed by atoms with Crippen molar-refractivity contribution < 1.29 is 31.1 Å². The number of ether oxygens (including phenoxy) is 1. The summed E-state index contributed by atoms with van der Waals surface area (Å²) in [6.07, 6.45) is -0.608. The number of nitrogens with one attached hydrogen (secondary N) is 1. The average Bonchev–Trinajstić information content (AvgIpc) is 2.63. The Hall–Kier alpha value is -1.97. The molecule has 1 heterocycles. The van der Waals surface area contributed by atoms with Gasteiger partial charge in [0.2, 0.25) is 0 Å². The third-order valence-corrected chi connectivity index (χ3v) is 4.22. The highest BCUT2D eigenvalue weighted by atomic mass is 32.2. The van der Waals surface area contributed by atoms with Crippen LogP contribution in [0.4, 0.5) is 23.7 Å². The fourth-order valence-corrected chi connectivity index (χ4v) is 2.75. The number of rotatable bonds is 4. The third kappa shape index (κ3) is 3.87. The molecule has 2 rings (SSSR count). The minimum absolute atomic E-state index is 0.0706. The predicted molar refractivity (Wildman–Crippen MR) is 76.0 cm³/mol. The van der Waals surface area contributed by atoms with Gasteiger partial charge in [-0.2, -0.15) is 21.6 Å². The van der Waals surface area contributed by atoms with E-state index in [1.807, 2.05) is 0 Å². The minimum atomic E-state index is -5.53. The zero-order valence-corrected chi connectivity index (χ0v) is 13.2. The standard InChI is InChI=1S/C13H15F3N2O4S/c1-12(2)8-18(11(19)22-12)7-9-5-3-4-6-10(9)17-23(20,21)13(14,15)16/h3-6,17H,7-8H2,1-2H3. The lowest BCUT2D eigenvalue weighted by Gasteiger charge is -2.18. The number of cyclic esters (lactones) is 1. The Balaban J connectivity index is 2.24.